The molecule has 108 valence electrons. The van der Waals surface area contributed by atoms with Crippen molar-refractivity contribution in [1.29, 1.82) is 0 Å². The maximum atomic E-state index is 5.49. The topological polar surface area (TPSA) is 33.7 Å². The largest absolute Gasteiger partial charge is 0.383 e. The molecule has 0 bridgehead atoms. The Hall–Kier alpha value is -0.160. The van der Waals surface area contributed by atoms with Gasteiger partial charge >= 0.3 is 0 Å². The van der Waals surface area contributed by atoms with Crippen LogP contribution in [0, 0.1) is 5.92 Å². The van der Waals surface area contributed by atoms with Gasteiger partial charge in [-0.1, -0.05) is 13.8 Å². The lowest BCUT2D eigenvalue weighted by atomic mass is 10.1. The van der Waals surface area contributed by atoms with Crippen molar-refractivity contribution in [2.45, 2.75) is 38.8 Å². The van der Waals surface area contributed by atoms with E-state index in [2.05, 4.69) is 24.1 Å². The summed E-state index contributed by atoms with van der Waals surface area (Å²) >= 11 is 0. The third-order valence-electron chi connectivity index (χ3n) is 3.55. The Morgan fingerprint density at radius 3 is 2.67 bits per heavy atom. The lowest BCUT2D eigenvalue weighted by Crippen LogP contribution is -2.51. The third kappa shape index (κ3) is 5.65. The number of piperidine rings is 1. The van der Waals surface area contributed by atoms with Crippen LogP contribution in [0.4, 0.5) is 0 Å². The normalized spacial score (nSPS) is 23.5. The van der Waals surface area contributed by atoms with Crippen molar-refractivity contribution in [1.82, 2.24) is 10.2 Å². The average Bonchev–Trinajstić information content (AvgIpc) is 2.37. The van der Waals surface area contributed by atoms with Gasteiger partial charge in [0.25, 0.3) is 0 Å². The molecule has 0 aromatic rings. The molecule has 4 heteroatoms. The summed E-state index contributed by atoms with van der Waals surface area (Å²) in [5, 5.41) is 3.54. The van der Waals surface area contributed by atoms with Crippen LogP contribution in [-0.2, 0) is 9.47 Å². The number of methoxy groups -OCH3 is 2. The van der Waals surface area contributed by atoms with Crippen molar-refractivity contribution in [2.75, 3.05) is 47.0 Å². The zero-order valence-corrected chi connectivity index (χ0v) is 12.4. The molecule has 0 aromatic heterocycles. The first-order chi connectivity index (χ1) is 8.67. The van der Waals surface area contributed by atoms with Crippen LogP contribution in [0.2, 0.25) is 0 Å². The summed E-state index contributed by atoms with van der Waals surface area (Å²) in [7, 11) is 3.60. The number of rotatable bonds is 8. The molecule has 1 fully saturated rings. The molecule has 1 aliphatic heterocycles. The second kappa shape index (κ2) is 8.86. The van der Waals surface area contributed by atoms with Crippen molar-refractivity contribution < 1.29 is 9.47 Å². The SMILES string of the molecule is COCC(CNCC(C)C)N1CCCC(OC)C1. The van der Waals surface area contributed by atoms with Crippen LogP contribution in [0.3, 0.4) is 0 Å². The molecule has 0 spiro atoms. The summed E-state index contributed by atoms with van der Waals surface area (Å²) in [5.41, 5.74) is 0. The van der Waals surface area contributed by atoms with Crippen molar-refractivity contribution in [3.8, 4) is 0 Å². The van der Waals surface area contributed by atoms with E-state index in [4.69, 9.17) is 9.47 Å². The van der Waals surface area contributed by atoms with Crippen molar-refractivity contribution in [3.05, 3.63) is 0 Å². The summed E-state index contributed by atoms with van der Waals surface area (Å²) in [6.07, 6.45) is 2.80. The van der Waals surface area contributed by atoms with Crippen LogP contribution in [0.15, 0.2) is 0 Å². The number of ether oxygens (including phenoxy) is 2. The summed E-state index contributed by atoms with van der Waals surface area (Å²) in [6.45, 7) is 9.54. The molecule has 0 radical (unpaired) electrons. The first kappa shape index (κ1) is 15.9. The number of likely N-dealkylation sites (tertiary alicyclic amines) is 1. The number of nitrogens with one attached hydrogen (secondary N) is 1. The molecule has 1 aliphatic rings. The molecule has 0 saturated carbocycles. The number of hydrogen-bond donors (Lipinski definition) is 1. The molecule has 1 rings (SSSR count). The minimum atomic E-state index is 0.392. The van der Waals surface area contributed by atoms with E-state index in [9.17, 15) is 0 Å². The molecule has 2 atom stereocenters. The summed E-state index contributed by atoms with van der Waals surface area (Å²) < 4.78 is 10.9. The Kier molecular flexibility index (Phi) is 7.82. The number of nitrogens with zero attached hydrogens (tertiary/aromatic N) is 1. The quantitative estimate of drug-likeness (QED) is 0.713. The van der Waals surface area contributed by atoms with E-state index < -0.39 is 0 Å². The van der Waals surface area contributed by atoms with Crippen molar-refractivity contribution >= 4 is 0 Å². The highest BCUT2D eigenvalue weighted by molar-refractivity contribution is 4.81. The van der Waals surface area contributed by atoms with Gasteiger partial charge in [0, 0.05) is 33.4 Å². The highest BCUT2D eigenvalue weighted by Crippen LogP contribution is 2.15. The van der Waals surface area contributed by atoms with E-state index in [1.54, 1.807) is 7.11 Å². The van der Waals surface area contributed by atoms with Crippen LogP contribution in [0.25, 0.3) is 0 Å². The van der Waals surface area contributed by atoms with Gasteiger partial charge in [-0.25, -0.2) is 0 Å². The second-order valence-corrected chi connectivity index (χ2v) is 5.66. The smallest absolute Gasteiger partial charge is 0.0698 e. The fraction of sp³-hybridized carbons (Fsp3) is 1.00. The lowest BCUT2D eigenvalue weighted by Gasteiger charge is -2.37. The molecule has 1 saturated heterocycles. The lowest BCUT2D eigenvalue weighted by molar-refractivity contribution is -0.00219. The van der Waals surface area contributed by atoms with E-state index in [1.165, 1.54) is 12.8 Å². The molecule has 2 unspecified atom stereocenters. The molecule has 0 aliphatic carbocycles. The third-order valence-corrected chi connectivity index (χ3v) is 3.55. The molecular formula is C14H30N2O2. The van der Waals surface area contributed by atoms with Crippen molar-refractivity contribution in [2.24, 2.45) is 5.92 Å². The van der Waals surface area contributed by atoms with Crippen LogP contribution in [0.1, 0.15) is 26.7 Å². The number of hydrogen-bond acceptors (Lipinski definition) is 4. The first-order valence-electron chi connectivity index (χ1n) is 7.13. The van der Waals surface area contributed by atoms with Gasteiger partial charge in [-0.05, 0) is 31.8 Å². The van der Waals surface area contributed by atoms with E-state index >= 15 is 0 Å². The van der Waals surface area contributed by atoms with E-state index in [-0.39, 0.29) is 0 Å². The van der Waals surface area contributed by atoms with Gasteiger partial charge in [0.15, 0.2) is 0 Å². The maximum absolute atomic E-state index is 5.49. The average molecular weight is 258 g/mol. The molecular weight excluding hydrogens is 228 g/mol. The standard InChI is InChI=1S/C14H30N2O2/c1-12(2)8-15-9-13(11-17-3)16-7-5-6-14(10-16)18-4/h12-15H,5-11H2,1-4H3. The van der Waals surface area contributed by atoms with Gasteiger partial charge in [0.05, 0.1) is 12.7 Å². The maximum Gasteiger partial charge on any atom is 0.0698 e. The Morgan fingerprint density at radius 2 is 2.06 bits per heavy atom. The fourth-order valence-electron chi connectivity index (χ4n) is 2.51. The summed E-state index contributed by atoms with van der Waals surface area (Å²) in [4.78, 5) is 2.51. The summed E-state index contributed by atoms with van der Waals surface area (Å²) in [5.74, 6) is 0.696. The van der Waals surface area contributed by atoms with Crippen LogP contribution >= 0.6 is 0 Å². The Labute approximate surface area is 112 Å². The fourth-order valence-corrected chi connectivity index (χ4v) is 2.51. The summed E-state index contributed by atoms with van der Waals surface area (Å²) in [6, 6.07) is 0.465. The van der Waals surface area contributed by atoms with E-state index in [0.29, 0.717) is 18.1 Å². The predicted octanol–water partition coefficient (Wildman–Crippen LogP) is 1.36. The zero-order valence-electron chi connectivity index (χ0n) is 12.4. The van der Waals surface area contributed by atoms with Gasteiger partial charge in [-0.2, -0.15) is 0 Å². The van der Waals surface area contributed by atoms with Gasteiger partial charge in [0.1, 0.15) is 0 Å². The highest BCUT2D eigenvalue weighted by Gasteiger charge is 2.25. The predicted molar refractivity (Wildman–Crippen MR) is 75.0 cm³/mol. The molecule has 4 nitrogen and oxygen atoms in total. The Balaban J connectivity index is 2.39. The monoisotopic (exact) mass is 258 g/mol. The Morgan fingerprint density at radius 1 is 1.28 bits per heavy atom. The van der Waals surface area contributed by atoms with E-state index in [0.717, 1.165) is 32.8 Å². The molecule has 0 aromatic carbocycles. The highest BCUT2D eigenvalue weighted by atomic mass is 16.5. The minimum Gasteiger partial charge on any atom is -0.383 e. The zero-order chi connectivity index (χ0) is 13.4. The van der Waals surface area contributed by atoms with Crippen molar-refractivity contribution in [3.63, 3.8) is 0 Å². The van der Waals surface area contributed by atoms with Gasteiger partial charge in [-0.3, -0.25) is 4.90 Å². The van der Waals surface area contributed by atoms with Crippen LogP contribution in [0.5, 0.6) is 0 Å². The van der Waals surface area contributed by atoms with Gasteiger partial charge < -0.3 is 14.8 Å². The van der Waals surface area contributed by atoms with Gasteiger partial charge in [-0.15, -0.1) is 0 Å². The van der Waals surface area contributed by atoms with Gasteiger partial charge in [0.2, 0.25) is 0 Å². The van der Waals surface area contributed by atoms with Crippen LogP contribution < -0.4 is 5.32 Å². The Bertz CT molecular complexity index is 212. The molecule has 0 amide bonds. The second-order valence-electron chi connectivity index (χ2n) is 5.66. The molecule has 1 N–H and O–H groups in total. The molecule has 1 heterocycles. The minimum absolute atomic E-state index is 0.392. The molecule has 18 heavy (non-hydrogen) atoms. The van der Waals surface area contributed by atoms with Crippen LogP contribution in [-0.4, -0.2) is 64.1 Å². The first-order valence-corrected chi connectivity index (χ1v) is 7.13. The van der Waals surface area contributed by atoms with E-state index in [1.807, 2.05) is 7.11 Å².